The van der Waals surface area contributed by atoms with Crippen molar-refractivity contribution in [3.8, 4) is 0 Å². The second-order valence-electron chi connectivity index (χ2n) is 4.48. The van der Waals surface area contributed by atoms with Gasteiger partial charge in [0.1, 0.15) is 6.10 Å². The minimum Gasteiger partial charge on any atom is -0.469 e. The molecule has 3 aliphatic rings. The number of alkyl halides is 1. The maximum atomic E-state index is 11.6. The highest BCUT2D eigenvalue weighted by Crippen LogP contribution is 2.60. The smallest absolute Gasteiger partial charge is 0.310 e. The molecule has 5 heteroatoms. The molecule has 4 nitrogen and oxygen atoms in total. The van der Waals surface area contributed by atoms with E-state index in [1.54, 1.807) is 0 Å². The van der Waals surface area contributed by atoms with Gasteiger partial charge >= 0.3 is 11.9 Å². The molecule has 2 bridgehead atoms. The summed E-state index contributed by atoms with van der Waals surface area (Å²) in [5, 5.41) is 0. The molecule has 0 unspecified atom stereocenters. The molecule has 3 fully saturated rings. The van der Waals surface area contributed by atoms with Gasteiger partial charge in [0, 0.05) is 5.92 Å². The fraction of sp³-hybridized carbons (Fsp3) is 0.800. The Morgan fingerprint density at radius 3 is 2.93 bits per heavy atom. The van der Waals surface area contributed by atoms with Crippen LogP contribution < -0.4 is 0 Å². The first kappa shape index (κ1) is 9.63. The van der Waals surface area contributed by atoms with Crippen molar-refractivity contribution in [2.75, 3.05) is 7.11 Å². The third-order valence-electron chi connectivity index (χ3n) is 4.00. The molecule has 0 aromatic heterocycles. The van der Waals surface area contributed by atoms with Gasteiger partial charge in [-0.15, -0.1) is 0 Å². The topological polar surface area (TPSA) is 52.6 Å². The molecule has 6 atom stereocenters. The number of carbonyl (C=O) groups excluding carboxylic acids is 2. The Morgan fingerprint density at radius 2 is 2.27 bits per heavy atom. The summed E-state index contributed by atoms with van der Waals surface area (Å²) < 4.78 is 10.0. The van der Waals surface area contributed by atoms with E-state index in [0.29, 0.717) is 0 Å². The van der Waals surface area contributed by atoms with E-state index in [2.05, 4.69) is 15.9 Å². The minimum atomic E-state index is -0.296. The Hall–Kier alpha value is -0.580. The van der Waals surface area contributed by atoms with Crippen molar-refractivity contribution in [1.29, 1.82) is 0 Å². The van der Waals surface area contributed by atoms with Crippen LogP contribution in [0, 0.1) is 23.7 Å². The lowest BCUT2D eigenvalue weighted by molar-refractivity contribution is -0.153. The van der Waals surface area contributed by atoms with Gasteiger partial charge in [-0.05, 0) is 12.3 Å². The SMILES string of the molecule is COC(=O)[C@H]1[C@H]2C[C@@H]3[C@H](OC(=O)[C@@H]31)[C@@H]2Br. The van der Waals surface area contributed by atoms with Gasteiger partial charge in [-0.25, -0.2) is 0 Å². The molecule has 3 rings (SSSR count). The number of halogens is 1. The van der Waals surface area contributed by atoms with Crippen molar-refractivity contribution >= 4 is 27.9 Å². The van der Waals surface area contributed by atoms with Crippen LogP contribution >= 0.6 is 15.9 Å². The summed E-state index contributed by atoms with van der Waals surface area (Å²) in [7, 11) is 1.37. The summed E-state index contributed by atoms with van der Waals surface area (Å²) in [6.07, 6.45) is 0.880. The lowest BCUT2D eigenvalue weighted by atomic mass is 9.80. The molecule has 0 spiro atoms. The number of esters is 2. The molecule has 0 aromatic carbocycles. The second kappa shape index (κ2) is 2.97. The van der Waals surface area contributed by atoms with Gasteiger partial charge in [0.25, 0.3) is 0 Å². The third-order valence-corrected chi connectivity index (χ3v) is 5.20. The molecular formula is C10H11BrO4. The molecule has 1 heterocycles. The number of hydrogen-bond donors (Lipinski definition) is 0. The fourth-order valence-electron chi connectivity index (χ4n) is 3.43. The van der Waals surface area contributed by atoms with Gasteiger partial charge < -0.3 is 9.47 Å². The Bertz CT molecular complexity index is 342. The van der Waals surface area contributed by atoms with Gasteiger partial charge in [-0.2, -0.15) is 0 Å². The van der Waals surface area contributed by atoms with E-state index in [-0.39, 0.29) is 46.5 Å². The lowest BCUT2D eigenvalue weighted by Crippen LogP contribution is -2.38. The Balaban J connectivity index is 1.98. The number of fused-ring (bicyclic) bond motifs is 1. The highest BCUT2D eigenvalue weighted by Gasteiger charge is 2.68. The van der Waals surface area contributed by atoms with Crippen molar-refractivity contribution in [3.63, 3.8) is 0 Å². The van der Waals surface area contributed by atoms with Crippen molar-refractivity contribution < 1.29 is 19.1 Å². The zero-order chi connectivity index (χ0) is 10.7. The van der Waals surface area contributed by atoms with Crippen LogP contribution in [0.4, 0.5) is 0 Å². The van der Waals surface area contributed by atoms with Gasteiger partial charge in [0.05, 0.1) is 23.8 Å². The van der Waals surface area contributed by atoms with Gasteiger partial charge in [0.2, 0.25) is 0 Å². The van der Waals surface area contributed by atoms with Gasteiger partial charge in [-0.1, -0.05) is 15.9 Å². The maximum absolute atomic E-state index is 11.6. The summed E-state index contributed by atoms with van der Waals surface area (Å²) in [5.41, 5.74) is 0. The van der Waals surface area contributed by atoms with E-state index < -0.39 is 0 Å². The number of methoxy groups -OCH3 is 1. The summed E-state index contributed by atoms with van der Waals surface area (Å²) in [6.45, 7) is 0. The van der Waals surface area contributed by atoms with Gasteiger partial charge in [0.15, 0.2) is 0 Å². The standard InChI is InChI=1S/C10H11BrO4/c1-14-9(12)5-3-2-4-6(5)10(13)15-8(4)7(3)11/h3-8H,2H2,1H3/t3-,4+,5+,6+,7-,8+/m1/s1. The Kier molecular flexibility index (Phi) is 1.90. The summed E-state index contributed by atoms with van der Waals surface area (Å²) in [5.74, 6) is -0.615. The van der Waals surface area contributed by atoms with Crippen LogP contribution in [0.25, 0.3) is 0 Å². The maximum Gasteiger partial charge on any atom is 0.310 e. The average Bonchev–Trinajstić information content (AvgIpc) is 2.80. The molecule has 15 heavy (non-hydrogen) atoms. The van der Waals surface area contributed by atoms with E-state index >= 15 is 0 Å². The third kappa shape index (κ3) is 1.02. The van der Waals surface area contributed by atoms with Crippen LogP contribution in [0.5, 0.6) is 0 Å². The minimum absolute atomic E-state index is 0.0200. The zero-order valence-electron chi connectivity index (χ0n) is 8.18. The lowest BCUT2D eigenvalue weighted by Gasteiger charge is -2.26. The Morgan fingerprint density at radius 1 is 1.53 bits per heavy atom. The zero-order valence-corrected chi connectivity index (χ0v) is 9.77. The van der Waals surface area contributed by atoms with Crippen LogP contribution in [-0.2, 0) is 19.1 Å². The van der Waals surface area contributed by atoms with E-state index in [9.17, 15) is 9.59 Å². The fourth-order valence-corrected chi connectivity index (χ4v) is 4.48. The molecule has 1 aliphatic heterocycles. The molecule has 0 radical (unpaired) electrons. The first-order chi connectivity index (χ1) is 7.15. The first-order valence-corrected chi connectivity index (χ1v) is 5.99. The monoisotopic (exact) mass is 274 g/mol. The molecular weight excluding hydrogens is 264 g/mol. The first-order valence-electron chi connectivity index (χ1n) is 5.07. The van der Waals surface area contributed by atoms with E-state index in [4.69, 9.17) is 9.47 Å². The quantitative estimate of drug-likeness (QED) is 0.523. The van der Waals surface area contributed by atoms with Crippen LogP contribution in [0.15, 0.2) is 0 Å². The Labute approximate surface area is 95.4 Å². The van der Waals surface area contributed by atoms with Crippen molar-refractivity contribution in [2.24, 2.45) is 23.7 Å². The van der Waals surface area contributed by atoms with Crippen LogP contribution in [-0.4, -0.2) is 30.0 Å². The van der Waals surface area contributed by atoms with Crippen LogP contribution in [0.1, 0.15) is 6.42 Å². The number of carbonyl (C=O) groups is 2. The predicted octanol–water partition coefficient (Wildman–Crippen LogP) is 0.730. The average molecular weight is 275 g/mol. The number of ether oxygens (including phenoxy) is 2. The van der Waals surface area contributed by atoms with Gasteiger partial charge in [-0.3, -0.25) is 9.59 Å². The summed E-state index contributed by atoms with van der Waals surface area (Å²) in [4.78, 5) is 23.4. The molecule has 0 aromatic rings. The van der Waals surface area contributed by atoms with Crippen LogP contribution in [0.2, 0.25) is 0 Å². The van der Waals surface area contributed by atoms with Crippen molar-refractivity contribution in [1.82, 2.24) is 0 Å². The van der Waals surface area contributed by atoms with Crippen LogP contribution in [0.3, 0.4) is 0 Å². The molecule has 2 saturated carbocycles. The van der Waals surface area contributed by atoms with Crippen molar-refractivity contribution in [3.05, 3.63) is 0 Å². The van der Waals surface area contributed by atoms with E-state index in [1.807, 2.05) is 0 Å². The van der Waals surface area contributed by atoms with E-state index in [1.165, 1.54) is 7.11 Å². The van der Waals surface area contributed by atoms with E-state index in [0.717, 1.165) is 6.42 Å². The molecule has 0 N–H and O–H groups in total. The highest BCUT2D eigenvalue weighted by molar-refractivity contribution is 9.09. The molecule has 0 amide bonds. The largest absolute Gasteiger partial charge is 0.469 e. The molecule has 1 saturated heterocycles. The normalized spacial score (nSPS) is 50.7. The number of hydrogen-bond acceptors (Lipinski definition) is 4. The van der Waals surface area contributed by atoms with Crippen molar-refractivity contribution in [2.45, 2.75) is 17.4 Å². The second-order valence-corrected chi connectivity index (χ2v) is 5.54. The highest BCUT2D eigenvalue weighted by atomic mass is 79.9. The molecule has 82 valence electrons. The molecule has 2 aliphatic carbocycles. The number of rotatable bonds is 1. The predicted molar refractivity (Wildman–Crippen MR) is 53.2 cm³/mol. The summed E-state index contributed by atoms with van der Waals surface area (Å²) >= 11 is 3.53. The summed E-state index contributed by atoms with van der Waals surface area (Å²) in [6, 6.07) is 0.